The fourth-order valence-electron chi connectivity index (χ4n) is 3.60. The lowest BCUT2D eigenvalue weighted by Crippen LogP contribution is -2.37. The topological polar surface area (TPSA) is 80.0 Å². The predicted molar refractivity (Wildman–Crippen MR) is 113 cm³/mol. The van der Waals surface area contributed by atoms with Crippen LogP contribution in [-0.4, -0.2) is 51.7 Å². The number of hydrogen-bond acceptors (Lipinski definition) is 7. The van der Waals surface area contributed by atoms with Gasteiger partial charge in [-0.1, -0.05) is 0 Å². The van der Waals surface area contributed by atoms with Gasteiger partial charge in [-0.05, 0) is 37.0 Å². The van der Waals surface area contributed by atoms with E-state index in [4.69, 9.17) is 0 Å². The van der Waals surface area contributed by atoms with E-state index in [1.807, 2.05) is 37.2 Å². The highest BCUT2D eigenvalue weighted by Gasteiger charge is 2.21. The molecule has 1 aliphatic rings. The molecule has 0 atom stereocenters. The molecule has 4 rings (SSSR count). The van der Waals surface area contributed by atoms with Gasteiger partial charge in [-0.2, -0.15) is 4.98 Å². The zero-order valence-electron chi connectivity index (χ0n) is 16.8. The zero-order chi connectivity index (χ0) is 20.2. The van der Waals surface area contributed by atoms with Crippen molar-refractivity contribution in [1.82, 2.24) is 24.5 Å². The Balaban J connectivity index is 1.39. The number of hydrogen-bond donors (Lipinski definition) is 0. The van der Waals surface area contributed by atoms with Crippen LogP contribution in [0.2, 0.25) is 0 Å². The van der Waals surface area contributed by atoms with Crippen molar-refractivity contribution in [2.45, 2.75) is 19.4 Å². The van der Waals surface area contributed by atoms with Gasteiger partial charge in [-0.15, -0.1) is 0 Å². The number of anilines is 2. The summed E-state index contributed by atoms with van der Waals surface area (Å²) in [4.78, 5) is 34.1. The van der Waals surface area contributed by atoms with E-state index in [0.29, 0.717) is 18.2 Å². The number of pyridine rings is 1. The molecule has 0 aromatic carbocycles. The van der Waals surface area contributed by atoms with Gasteiger partial charge >= 0.3 is 0 Å². The van der Waals surface area contributed by atoms with Gasteiger partial charge in [0.15, 0.2) is 0 Å². The summed E-state index contributed by atoms with van der Waals surface area (Å²) in [5.74, 6) is 2.13. The van der Waals surface area contributed by atoms with Crippen LogP contribution in [0.4, 0.5) is 11.8 Å². The first-order chi connectivity index (χ1) is 14.1. The fraction of sp³-hybridized carbons (Fsp3) is 0.381. The van der Waals surface area contributed by atoms with Crippen molar-refractivity contribution in [2.75, 3.05) is 37.0 Å². The van der Waals surface area contributed by atoms with Gasteiger partial charge in [0.1, 0.15) is 5.82 Å². The van der Waals surface area contributed by atoms with Crippen LogP contribution in [0.25, 0.3) is 11.3 Å². The van der Waals surface area contributed by atoms with Gasteiger partial charge in [0.05, 0.1) is 12.0 Å². The first-order valence-electron chi connectivity index (χ1n) is 9.82. The van der Waals surface area contributed by atoms with Crippen LogP contribution >= 0.6 is 0 Å². The number of piperidine rings is 1. The molecule has 29 heavy (non-hydrogen) atoms. The van der Waals surface area contributed by atoms with Crippen molar-refractivity contribution in [3.05, 3.63) is 59.5 Å². The Hall–Kier alpha value is -3.29. The van der Waals surface area contributed by atoms with Crippen molar-refractivity contribution in [1.29, 1.82) is 0 Å². The molecule has 0 saturated carbocycles. The minimum atomic E-state index is -0.0133. The predicted octanol–water partition coefficient (Wildman–Crippen LogP) is 2.08. The Labute approximate surface area is 169 Å². The molecular formula is C21H25N7O. The third kappa shape index (κ3) is 4.42. The van der Waals surface area contributed by atoms with Crippen molar-refractivity contribution in [3.8, 4) is 11.3 Å². The summed E-state index contributed by atoms with van der Waals surface area (Å²) in [6.45, 7) is 2.54. The molecule has 0 amide bonds. The lowest BCUT2D eigenvalue weighted by molar-refractivity contribution is 0.350. The summed E-state index contributed by atoms with van der Waals surface area (Å²) in [5.41, 5.74) is 1.57. The molecular weight excluding hydrogens is 366 g/mol. The third-order valence-electron chi connectivity index (χ3n) is 5.28. The van der Waals surface area contributed by atoms with E-state index in [1.54, 1.807) is 35.6 Å². The second-order valence-corrected chi connectivity index (χ2v) is 7.54. The molecule has 8 heteroatoms. The van der Waals surface area contributed by atoms with Crippen molar-refractivity contribution < 1.29 is 0 Å². The van der Waals surface area contributed by atoms with E-state index in [-0.39, 0.29) is 5.56 Å². The molecule has 0 spiro atoms. The molecule has 1 fully saturated rings. The van der Waals surface area contributed by atoms with Gasteiger partial charge in [-0.3, -0.25) is 14.3 Å². The summed E-state index contributed by atoms with van der Waals surface area (Å²) in [6.07, 6.45) is 8.90. The van der Waals surface area contributed by atoms with E-state index in [1.165, 1.54) is 0 Å². The zero-order valence-corrected chi connectivity index (χ0v) is 16.8. The Morgan fingerprint density at radius 3 is 2.52 bits per heavy atom. The van der Waals surface area contributed by atoms with Gasteiger partial charge in [-0.25, -0.2) is 9.97 Å². The van der Waals surface area contributed by atoms with E-state index in [2.05, 4.69) is 24.8 Å². The molecule has 0 bridgehead atoms. The summed E-state index contributed by atoms with van der Waals surface area (Å²) in [7, 11) is 3.88. The quantitative estimate of drug-likeness (QED) is 0.659. The number of rotatable bonds is 5. The molecule has 0 aliphatic carbocycles. The molecule has 4 heterocycles. The minimum Gasteiger partial charge on any atom is -0.356 e. The van der Waals surface area contributed by atoms with Crippen LogP contribution < -0.4 is 15.4 Å². The Bertz CT molecular complexity index is 1010. The van der Waals surface area contributed by atoms with E-state index in [9.17, 15) is 4.79 Å². The molecule has 0 N–H and O–H groups in total. The minimum absolute atomic E-state index is 0.0133. The van der Waals surface area contributed by atoms with E-state index in [0.717, 1.165) is 43.3 Å². The highest BCUT2D eigenvalue weighted by atomic mass is 16.1. The molecule has 0 radical (unpaired) electrons. The molecule has 8 nitrogen and oxygen atoms in total. The standard InChI is InChI=1S/C21H25N7O/c1-26(2)21-23-10-5-19(25-21)27-11-6-16(7-12-27)14-28-15-24-18(13-20(28)29)17-3-8-22-9-4-17/h3-5,8-10,13,15-16H,6-7,11-12,14H2,1-2H3. The highest BCUT2D eigenvalue weighted by molar-refractivity contribution is 5.57. The van der Waals surface area contributed by atoms with Gasteiger partial charge < -0.3 is 9.80 Å². The Kier molecular flexibility index (Phi) is 5.50. The van der Waals surface area contributed by atoms with E-state index < -0.39 is 0 Å². The SMILES string of the molecule is CN(C)c1nccc(N2CCC(Cn3cnc(-c4ccncc4)cc3=O)CC2)n1. The summed E-state index contributed by atoms with van der Waals surface area (Å²) in [6, 6.07) is 7.28. The monoisotopic (exact) mass is 391 g/mol. The Morgan fingerprint density at radius 1 is 1.07 bits per heavy atom. The summed E-state index contributed by atoms with van der Waals surface area (Å²) < 4.78 is 1.72. The molecule has 3 aromatic rings. The lowest BCUT2D eigenvalue weighted by atomic mass is 9.96. The molecule has 1 saturated heterocycles. The van der Waals surface area contributed by atoms with Crippen LogP contribution in [0.3, 0.4) is 0 Å². The first kappa shape index (κ1) is 19.0. The second-order valence-electron chi connectivity index (χ2n) is 7.54. The highest BCUT2D eigenvalue weighted by Crippen LogP contribution is 2.23. The van der Waals surface area contributed by atoms with Crippen LogP contribution in [0.5, 0.6) is 0 Å². The average Bonchev–Trinajstić information content (AvgIpc) is 2.76. The fourth-order valence-corrected chi connectivity index (χ4v) is 3.60. The normalized spacial score (nSPS) is 14.8. The van der Waals surface area contributed by atoms with Gasteiger partial charge in [0, 0.05) is 63.9 Å². The number of aromatic nitrogens is 5. The molecule has 0 unspecified atom stereocenters. The molecule has 1 aliphatic heterocycles. The average molecular weight is 391 g/mol. The summed E-state index contributed by atoms with van der Waals surface area (Å²) in [5, 5.41) is 0. The smallest absolute Gasteiger partial charge is 0.253 e. The first-order valence-corrected chi connectivity index (χ1v) is 9.82. The van der Waals surface area contributed by atoms with E-state index >= 15 is 0 Å². The largest absolute Gasteiger partial charge is 0.356 e. The van der Waals surface area contributed by atoms with Crippen LogP contribution in [-0.2, 0) is 6.54 Å². The van der Waals surface area contributed by atoms with Crippen LogP contribution in [0, 0.1) is 5.92 Å². The van der Waals surface area contributed by atoms with Crippen molar-refractivity contribution >= 4 is 11.8 Å². The maximum Gasteiger partial charge on any atom is 0.253 e. The van der Waals surface area contributed by atoms with Crippen LogP contribution in [0.15, 0.2) is 54.0 Å². The molecule has 3 aromatic heterocycles. The maximum absolute atomic E-state index is 12.5. The van der Waals surface area contributed by atoms with Crippen molar-refractivity contribution in [2.24, 2.45) is 5.92 Å². The third-order valence-corrected chi connectivity index (χ3v) is 5.28. The Morgan fingerprint density at radius 2 is 1.83 bits per heavy atom. The van der Waals surface area contributed by atoms with Gasteiger partial charge in [0.2, 0.25) is 5.95 Å². The molecule has 150 valence electrons. The van der Waals surface area contributed by atoms with Crippen molar-refractivity contribution in [3.63, 3.8) is 0 Å². The second kappa shape index (κ2) is 8.38. The van der Waals surface area contributed by atoms with Gasteiger partial charge in [0.25, 0.3) is 5.56 Å². The maximum atomic E-state index is 12.5. The van der Waals surface area contributed by atoms with Crippen LogP contribution in [0.1, 0.15) is 12.8 Å². The number of nitrogens with zero attached hydrogens (tertiary/aromatic N) is 7. The summed E-state index contributed by atoms with van der Waals surface area (Å²) >= 11 is 0. The lowest BCUT2D eigenvalue weighted by Gasteiger charge is -2.33.